The zero-order chi connectivity index (χ0) is 20.0. The van der Waals surface area contributed by atoms with Crippen LogP contribution < -0.4 is 0 Å². The van der Waals surface area contributed by atoms with Gasteiger partial charge in [0.15, 0.2) is 0 Å². The summed E-state index contributed by atoms with van der Waals surface area (Å²) in [4.78, 5) is 36.0. The van der Waals surface area contributed by atoms with Crippen LogP contribution in [0.5, 0.6) is 0 Å². The molecule has 1 heterocycles. The van der Waals surface area contributed by atoms with E-state index in [1.165, 1.54) is 0 Å². The minimum absolute atomic E-state index is 0.000786. The number of ether oxygens (including phenoxy) is 3. The number of esters is 2. The van der Waals surface area contributed by atoms with Crippen LogP contribution in [0.1, 0.15) is 61.3 Å². The van der Waals surface area contributed by atoms with Crippen molar-refractivity contribution in [3.8, 4) is 0 Å². The first-order valence-electron chi connectivity index (χ1n) is 9.61. The van der Waals surface area contributed by atoms with Crippen molar-refractivity contribution in [3.63, 3.8) is 0 Å². The summed E-state index contributed by atoms with van der Waals surface area (Å²) in [5.41, 5.74) is 0. The van der Waals surface area contributed by atoms with E-state index in [0.29, 0.717) is 12.8 Å². The van der Waals surface area contributed by atoms with E-state index in [1.54, 1.807) is 0 Å². The van der Waals surface area contributed by atoms with Gasteiger partial charge in [0, 0.05) is 0 Å². The molecule has 0 saturated carbocycles. The number of hydrogen-bond donors (Lipinski definition) is 0. The summed E-state index contributed by atoms with van der Waals surface area (Å²) in [6, 6.07) is 0. The maximum atomic E-state index is 12.4. The highest BCUT2D eigenvalue weighted by Gasteiger charge is 2.40. The second-order valence-electron chi connectivity index (χ2n) is 8.50. The van der Waals surface area contributed by atoms with Crippen molar-refractivity contribution in [1.29, 1.82) is 0 Å². The van der Waals surface area contributed by atoms with E-state index >= 15 is 0 Å². The third-order valence-electron chi connectivity index (χ3n) is 4.95. The van der Waals surface area contributed by atoms with Gasteiger partial charge < -0.3 is 14.2 Å². The van der Waals surface area contributed by atoms with Crippen LogP contribution in [-0.4, -0.2) is 30.8 Å². The summed E-state index contributed by atoms with van der Waals surface area (Å²) in [6.07, 6.45) is 0.0241. The van der Waals surface area contributed by atoms with Crippen molar-refractivity contribution < 1.29 is 28.6 Å². The molecule has 1 aliphatic rings. The van der Waals surface area contributed by atoms with E-state index in [9.17, 15) is 14.4 Å². The molecule has 0 bridgehead atoms. The van der Waals surface area contributed by atoms with Crippen LogP contribution in [-0.2, 0) is 23.8 Å². The standard InChI is InChI=1S/C20H34O6/c1-11(2)10-24-20(23)26-19(22)15(12(3)4)8-14(7)17-9-16(13(5)6)18(21)25-17/h11-17H,8-10H2,1-7H3/t14-,15+,16+,17+/m1/s1. The first-order valence-corrected chi connectivity index (χ1v) is 9.61. The first kappa shape index (κ1) is 22.5. The van der Waals surface area contributed by atoms with Gasteiger partial charge >= 0.3 is 18.1 Å². The van der Waals surface area contributed by atoms with Crippen molar-refractivity contribution >= 4 is 18.1 Å². The monoisotopic (exact) mass is 370 g/mol. The zero-order valence-electron chi connectivity index (χ0n) is 17.1. The van der Waals surface area contributed by atoms with Gasteiger partial charge in [0.2, 0.25) is 0 Å². The predicted octanol–water partition coefficient (Wildman–Crippen LogP) is 4.21. The lowest BCUT2D eigenvalue weighted by Gasteiger charge is -2.25. The van der Waals surface area contributed by atoms with Crippen LogP contribution in [0.4, 0.5) is 4.79 Å². The summed E-state index contributed by atoms with van der Waals surface area (Å²) in [5.74, 6) is -0.851. The van der Waals surface area contributed by atoms with Gasteiger partial charge in [-0.1, -0.05) is 48.5 Å². The van der Waals surface area contributed by atoms with E-state index in [2.05, 4.69) is 0 Å². The molecular formula is C20H34O6. The lowest BCUT2D eigenvalue weighted by molar-refractivity contribution is -0.148. The van der Waals surface area contributed by atoms with Gasteiger partial charge in [-0.15, -0.1) is 0 Å². The molecule has 0 spiro atoms. The van der Waals surface area contributed by atoms with E-state index in [0.717, 1.165) is 0 Å². The number of hydrogen-bond acceptors (Lipinski definition) is 6. The van der Waals surface area contributed by atoms with E-state index in [-0.39, 0.29) is 48.3 Å². The molecule has 0 radical (unpaired) electrons. The van der Waals surface area contributed by atoms with Gasteiger partial charge in [-0.25, -0.2) is 4.79 Å². The summed E-state index contributed by atoms with van der Waals surface area (Å²) in [5, 5.41) is 0. The predicted molar refractivity (Wildman–Crippen MR) is 97.2 cm³/mol. The molecule has 1 fully saturated rings. The van der Waals surface area contributed by atoms with Crippen LogP contribution in [0, 0.1) is 35.5 Å². The largest absolute Gasteiger partial charge is 0.516 e. The molecule has 1 rings (SSSR count). The van der Waals surface area contributed by atoms with Crippen LogP contribution >= 0.6 is 0 Å². The molecule has 0 aromatic rings. The molecule has 6 heteroatoms. The van der Waals surface area contributed by atoms with Gasteiger partial charge in [0.1, 0.15) is 6.10 Å². The first-order chi connectivity index (χ1) is 12.0. The van der Waals surface area contributed by atoms with Gasteiger partial charge in [-0.2, -0.15) is 0 Å². The molecule has 0 unspecified atom stereocenters. The fourth-order valence-corrected chi connectivity index (χ4v) is 3.14. The molecule has 26 heavy (non-hydrogen) atoms. The van der Waals surface area contributed by atoms with E-state index < -0.39 is 18.0 Å². The smallest absolute Gasteiger partial charge is 0.462 e. The lowest BCUT2D eigenvalue weighted by Crippen LogP contribution is -2.30. The average molecular weight is 370 g/mol. The second kappa shape index (κ2) is 9.93. The minimum atomic E-state index is -0.950. The Bertz CT molecular complexity index is 497. The Labute approximate surface area is 156 Å². The molecule has 0 amide bonds. The summed E-state index contributed by atoms with van der Waals surface area (Å²) < 4.78 is 15.3. The quantitative estimate of drug-likeness (QED) is 0.470. The van der Waals surface area contributed by atoms with Crippen molar-refractivity contribution in [2.75, 3.05) is 6.61 Å². The summed E-state index contributed by atoms with van der Waals surface area (Å²) >= 11 is 0. The van der Waals surface area contributed by atoms with Gasteiger partial charge in [0.05, 0.1) is 18.4 Å². The Morgan fingerprint density at radius 1 is 1.12 bits per heavy atom. The third-order valence-corrected chi connectivity index (χ3v) is 4.95. The highest BCUT2D eigenvalue weighted by molar-refractivity contribution is 5.83. The molecule has 4 atom stereocenters. The molecule has 6 nitrogen and oxygen atoms in total. The number of carbonyl (C=O) groups is 3. The fraction of sp³-hybridized carbons (Fsp3) is 0.850. The van der Waals surface area contributed by atoms with Crippen molar-refractivity contribution in [2.45, 2.75) is 67.4 Å². The average Bonchev–Trinajstić information content (AvgIpc) is 2.92. The Kier molecular flexibility index (Phi) is 8.57. The Morgan fingerprint density at radius 3 is 2.19 bits per heavy atom. The Morgan fingerprint density at radius 2 is 1.73 bits per heavy atom. The van der Waals surface area contributed by atoms with Crippen molar-refractivity contribution in [2.24, 2.45) is 35.5 Å². The van der Waals surface area contributed by atoms with Gasteiger partial charge in [-0.3, -0.25) is 9.59 Å². The molecular weight excluding hydrogens is 336 g/mol. The number of carbonyl (C=O) groups excluding carboxylic acids is 3. The van der Waals surface area contributed by atoms with Crippen LogP contribution in [0.25, 0.3) is 0 Å². The van der Waals surface area contributed by atoms with Gasteiger partial charge in [-0.05, 0) is 36.5 Å². The molecule has 1 aliphatic heterocycles. The third kappa shape index (κ3) is 6.61. The normalized spacial score (nSPS) is 22.5. The van der Waals surface area contributed by atoms with Gasteiger partial charge in [0.25, 0.3) is 0 Å². The summed E-state index contributed by atoms with van der Waals surface area (Å²) in [6.45, 7) is 13.8. The molecule has 0 N–H and O–H groups in total. The van der Waals surface area contributed by atoms with Crippen LogP contribution in [0.2, 0.25) is 0 Å². The fourth-order valence-electron chi connectivity index (χ4n) is 3.14. The van der Waals surface area contributed by atoms with Crippen LogP contribution in [0.3, 0.4) is 0 Å². The van der Waals surface area contributed by atoms with E-state index in [1.807, 2.05) is 48.5 Å². The number of cyclic esters (lactones) is 1. The van der Waals surface area contributed by atoms with E-state index in [4.69, 9.17) is 14.2 Å². The molecule has 0 aliphatic carbocycles. The van der Waals surface area contributed by atoms with Crippen LogP contribution in [0.15, 0.2) is 0 Å². The highest BCUT2D eigenvalue weighted by atomic mass is 16.7. The van der Waals surface area contributed by atoms with Crippen molar-refractivity contribution in [1.82, 2.24) is 0 Å². The molecule has 0 aromatic heterocycles. The van der Waals surface area contributed by atoms with Crippen molar-refractivity contribution in [3.05, 3.63) is 0 Å². The maximum absolute atomic E-state index is 12.4. The minimum Gasteiger partial charge on any atom is -0.462 e. The SMILES string of the molecule is CC(C)COC(=O)OC(=O)[C@@H](C[C@@H](C)[C@@H]1C[C@@H](C(C)C)C(=O)O1)C(C)C. The molecule has 1 saturated heterocycles. The zero-order valence-corrected chi connectivity index (χ0v) is 17.1. The highest BCUT2D eigenvalue weighted by Crippen LogP contribution is 2.35. The molecule has 150 valence electrons. The maximum Gasteiger partial charge on any atom is 0.516 e. The second-order valence-corrected chi connectivity index (χ2v) is 8.50. The topological polar surface area (TPSA) is 78.9 Å². The molecule has 0 aromatic carbocycles. The number of rotatable bonds is 8. The Hall–Kier alpha value is -1.59. The Balaban J connectivity index is 2.63. The summed E-state index contributed by atoms with van der Waals surface area (Å²) in [7, 11) is 0. The lowest BCUT2D eigenvalue weighted by atomic mass is 9.82.